The molecule has 1 aliphatic carbocycles. The first-order valence-corrected chi connectivity index (χ1v) is 20.9. The number of rotatable bonds is 5. The van der Waals surface area contributed by atoms with Crippen LogP contribution < -0.4 is 0 Å². The highest BCUT2D eigenvalue weighted by atomic mass is 15.0. The Morgan fingerprint density at radius 3 is 1.41 bits per heavy atom. The van der Waals surface area contributed by atoms with Crippen LogP contribution in [-0.4, -0.2) is 13.7 Å². The maximum Gasteiger partial charge on any atom is 0.0541 e. The van der Waals surface area contributed by atoms with Crippen LogP contribution in [-0.2, 0) is 11.8 Å². The van der Waals surface area contributed by atoms with Gasteiger partial charge in [0.05, 0.1) is 27.6 Å². The smallest absolute Gasteiger partial charge is 0.0541 e. The summed E-state index contributed by atoms with van der Waals surface area (Å²) in [5.74, 6) is 0.382. The molecule has 3 heterocycles. The van der Waals surface area contributed by atoms with Crippen LogP contribution in [0.4, 0.5) is 0 Å². The fourth-order valence-corrected chi connectivity index (χ4v) is 10.8. The molecule has 0 saturated carbocycles. The Morgan fingerprint density at radius 2 is 0.831 bits per heavy atom. The zero-order chi connectivity index (χ0) is 39.2. The number of nitrogens with zero attached hydrogens (tertiary/aromatic N) is 3. The second-order valence-electron chi connectivity index (χ2n) is 16.9. The molecule has 11 aromatic rings. The third-order valence-electron chi connectivity index (χ3n) is 13.3. The zero-order valence-corrected chi connectivity index (χ0v) is 33.3. The Kier molecular flexibility index (Phi) is 7.46. The van der Waals surface area contributed by atoms with Gasteiger partial charge < -0.3 is 13.7 Å². The fourth-order valence-electron chi connectivity index (χ4n) is 10.8. The summed E-state index contributed by atoms with van der Waals surface area (Å²) in [6.45, 7) is 4.94. The lowest BCUT2D eigenvalue weighted by molar-refractivity contribution is 0.368. The van der Waals surface area contributed by atoms with E-state index in [-0.39, 0.29) is 5.41 Å². The van der Waals surface area contributed by atoms with E-state index >= 15 is 0 Å². The molecule has 0 saturated heterocycles. The average Bonchev–Trinajstić information content (AvgIpc) is 3.92. The monoisotopic (exact) mass is 757 g/mol. The summed E-state index contributed by atoms with van der Waals surface area (Å²) >= 11 is 0. The van der Waals surface area contributed by atoms with Crippen molar-refractivity contribution in [2.24, 2.45) is 0 Å². The van der Waals surface area contributed by atoms with Gasteiger partial charge in [0.2, 0.25) is 0 Å². The van der Waals surface area contributed by atoms with Crippen molar-refractivity contribution in [3.63, 3.8) is 0 Å². The molecule has 0 bridgehead atoms. The predicted molar refractivity (Wildman–Crippen MR) is 248 cm³/mol. The molecule has 2 atom stereocenters. The van der Waals surface area contributed by atoms with E-state index in [0.29, 0.717) is 5.92 Å². The molecule has 3 nitrogen and oxygen atoms in total. The Hall–Kier alpha value is -7.10. The molecule has 282 valence electrons. The van der Waals surface area contributed by atoms with Crippen LogP contribution in [0.25, 0.3) is 82.7 Å². The quantitative estimate of drug-likeness (QED) is 0.166. The molecule has 0 N–H and O–H groups in total. The van der Waals surface area contributed by atoms with Gasteiger partial charge in [0.25, 0.3) is 0 Å². The number of benzene rings is 8. The molecule has 8 aromatic carbocycles. The van der Waals surface area contributed by atoms with Crippen LogP contribution in [0, 0.1) is 0 Å². The van der Waals surface area contributed by atoms with E-state index in [9.17, 15) is 0 Å². The molecular weight excluding hydrogens is 715 g/mol. The molecule has 0 spiro atoms. The Bertz CT molecular complexity index is 3400. The molecule has 0 amide bonds. The SMILES string of the molecule is CC1CC(C)(c2ccc3c(c2)c2cc(-c4ccc5c(c4)c4ccccc4n5-c4ccccc4)ccc2n3-c2ccccc2)Cc2c1n(-c1ccccc1)c1ccccc21. The third-order valence-corrected chi connectivity index (χ3v) is 13.3. The second-order valence-corrected chi connectivity index (χ2v) is 16.9. The number of para-hydroxylation sites is 5. The minimum atomic E-state index is -0.0387. The largest absolute Gasteiger partial charge is 0.313 e. The molecule has 0 aliphatic heterocycles. The van der Waals surface area contributed by atoms with Crippen molar-refractivity contribution in [1.29, 1.82) is 0 Å². The fraction of sp³-hybridized carbons (Fsp3) is 0.107. The van der Waals surface area contributed by atoms with Gasteiger partial charge in [-0.05, 0) is 131 Å². The van der Waals surface area contributed by atoms with Crippen molar-refractivity contribution in [3.05, 3.63) is 211 Å². The van der Waals surface area contributed by atoms with Gasteiger partial charge in [0.1, 0.15) is 0 Å². The zero-order valence-electron chi connectivity index (χ0n) is 33.3. The normalized spacial score (nSPS) is 16.7. The summed E-state index contributed by atoms with van der Waals surface area (Å²) in [6, 6.07) is 71.7. The van der Waals surface area contributed by atoms with Crippen LogP contribution in [0.5, 0.6) is 0 Å². The predicted octanol–water partition coefficient (Wildman–Crippen LogP) is 14.5. The van der Waals surface area contributed by atoms with Gasteiger partial charge in [-0.25, -0.2) is 0 Å². The van der Waals surface area contributed by atoms with E-state index in [0.717, 1.165) is 12.8 Å². The Labute approximate surface area is 344 Å². The number of hydrogen-bond donors (Lipinski definition) is 0. The van der Waals surface area contributed by atoms with Gasteiger partial charge in [-0.2, -0.15) is 0 Å². The minimum Gasteiger partial charge on any atom is -0.313 e. The minimum absolute atomic E-state index is 0.0387. The lowest BCUT2D eigenvalue weighted by Gasteiger charge is -2.38. The lowest BCUT2D eigenvalue weighted by Crippen LogP contribution is -2.32. The molecule has 3 heteroatoms. The first kappa shape index (κ1) is 34.0. The van der Waals surface area contributed by atoms with E-state index in [2.05, 4.69) is 222 Å². The van der Waals surface area contributed by atoms with Gasteiger partial charge in [-0.15, -0.1) is 0 Å². The summed E-state index contributed by atoms with van der Waals surface area (Å²) in [5.41, 5.74) is 16.6. The van der Waals surface area contributed by atoms with Crippen molar-refractivity contribution < 1.29 is 0 Å². The van der Waals surface area contributed by atoms with E-state index < -0.39 is 0 Å². The van der Waals surface area contributed by atoms with Crippen molar-refractivity contribution in [3.8, 4) is 28.2 Å². The first-order chi connectivity index (χ1) is 29.0. The van der Waals surface area contributed by atoms with Gasteiger partial charge in [-0.3, -0.25) is 0 Å². The van der Waals surface area contributed by atoms with Crippen LogP contribution in [0.1, 0.15) is 43.0 Å². The van der Waals surface area contributed by atoms with Crippen LogP contribution in [0.2, 0.25) is 0 Å². The number of hydrogen-bond acceptors (Lipinski definition) is 0. The lowest BCUT2D eigenvalue weighted by atomic mass is 9.66. The third kappa shape index (κ3) is 5.14. The van der Waals surface area contributed by atoms with Gasteiger partial charge in [0, 0.05) is 49.7 Å². The summed E-state index contributed by atoms with van der Waals surface area (Å²) < 4.78 is 7.37. The summed E-state index contributed by atoms with van der Waals surface area (Å²) in [4.78, 5) is 0. The summed E-state index contributed by atoms with van der Waals surface area (Å²) in [5, 5.41) is 6.49. The highest BCUT2D eigenvalue weighted by Crippen LogP contribution is 2.49. The maximum absolute atomic E-state index is 2.53. The maximum atomic E-state index is 2.53. The Balaban J connectivity index is 1.03. The molecule has 59 heavy (non-hydrogen) atoms. The van der Waals surface area contributed by atoms with Gasteiger partial charge in [0.15, 0.2) is 0 Å². The van der Waals surface area contributed by atoms with Crippen molar-refractivity contribution in [2.45, 2.75) is 38.0 Å². The molecule has 12 rings (SSSR count). The molecule has 3 aromatic heterocycles. The van der Waals surface area contributed by atoms with Crippen molar-refractivity contribution >= 4 is 54.5 Å². The Morgan fingerprint density at radius 1 is 0.407 bits per heavy atom. The summed E-state index contributed by atoms with van der Waals surface area (Å²) in [6.07, 6.45) is 2.07. The first-order valence-electron chi connectivity index (χ1n) is 20.9. The number of fused-ring (bicyclic) bond motifs is 9. The van der Waals surface area contributed by atoms with E-state index in [1.807, 2.05) is 0 Å². The van der Waals surface area contributed by atoms with Crippen molar-refractivity contribution in [1.82, 2.24) is 13.7 Å². The molecular formula is C56H43N3. The molecule has 2 unspecified atom stereocenters. The molecule has 0 fully saturated rings. The van der Waals surface area contributed by atoms with E-state index in [4.69, 9.17) is 0 Å². The molecule has 1 aliphatic rings. The topological polar surface area (TPSA) is 14.8 Å². The van der Waals surface area contributed by atoms with Crippen LogP contribution in [0.3, 0.4) is 0 Å². The second kappa shape index (κ2) is 13.0. The van der Waals surface area contributed by atoms with E-state index in [1.54, 1.807) is 0 Å². The van der Waals surface area contributed by atoms with Gasteiger partial charge in [-0.1, -0.05) is 123 Å². The van der Waals surface area contributed by atoms with Crippen LogP contribution in [0.15, 0.2) is 194 Å². The number of aromatic nitrogens is 3. The highest BCUT2D eigenvalue weighted by molar-refractivity contribution is 6.13. The van der Waals surface area contributed by atoms with Gasteiger partial charge >= 0.3 is 0 Å². The molecule has 0 radical (unpaired) electrons. The van der Waals surface area contributed by atoms with Crippen LogP contribution >= 0.6 is 0 Å². The highest BCUT2D eigenvalue weighted by Gasteiger charge is 2.39. The average molecular weight is 758 g/mol. The standard InChI is InChI=1S/C56H43N3/c1-37-35-56(2,36-49-45-23-13-15-25-51(45)59(55(37)49)43-20-10-5-11-21-43)40-28-31-54-48(34-40)47-33-39(27-30-53(47)58(54)42-18-8-4-9-19-42)38-26-29-52-46(32-38)44-22-12-14-24-50(44)57(52)41-16-6-3-7-17-41/h3-34,37H,35-36H2,1-2H3. The summed E-state index contributed by atoms with van der Waals surface area (Å²) in [7, 11) is 0. The van der Waals surface area contributed by atoms with Crippen molar-refractivity contribution in [2.75, 3.05) is 0 Å². The van der Waals surface area contributed by atoms with E-state index in [1.165, 1.54) is 99.5 Å².